The Morgan fingerprint density at radius 2 is 1.85 bits per heavy atom. The molecule has 0 atom stereocenters. The third kappa shape index (κ3) is 3.89. The number of amides is 1. The van der Waals surface area contributed by atoms with E-state index in [4.69, 9.17) is 0 Å². The van der Waals surface area contributed by atoms with E-state index in [9.17, 15) is 18.0 Å². The van der Waals surface area contributed by atoms with E-state index in [1.165, 1.54) is 20.1 Å². The van der Waals surface area contributed by atoms with E-state index in [1.54, 1.807) is 28.4 Å². The SMILES string of the molecule is Cc1ccc(S(=O)(=O)N2CCN(C(=O)Cn3cnc4sc5c(c4c3=O)CCC5)CC2)cc1C. The van der Waals surface area contributed by atoms with E-state index in [0.29, 0.717) is 18.5 Å². The Balaban J connectivity index is 1.28. The number of piperazine rings is 1. The number of carbonyl (C=O) groups is 1. The van der Waals surface area contributed by atoms with Crippen LogP contribution in [0.25, 0.3) is 10.2 Å². The molecule has 1 aliphatic carbocycles. The van der Waals surface area contributed by atoms with Gasteiger partial charge in [0.15, 0.2) is 0 Å². The summed E-state index contributed by atoms with van der Waals surface area (Å²) in [6.07, 6.45) is 4.39. The molecule has 1 saturated heterocycles. The van der Waals surface area contributed by atoms with Crippen molar-refractivity contribution in [1.29, 1.82) is 0 Å². The van der Waals surface area contributed by atoms with E-state index in [2.05, 4.69) is 4.98 Å². The Morgan fingerprint density at radius 1 is 1.09 bits per heavy atom. The number of rotatable bonds is 4. The van der Waals surface area contributed by atoms with Crippen molar-refractivity contribution in [3.8, 4) is 0 Å². The maximum atomic E-state index is 13.0. The number of thiophene rings is 1. The largest absolute Gasteiger partial charge is 0.338 e. The lowest BCUT2D eigenvalue weighted by Gasteiger charge is -2.34. The fraction of sp³-hybridized carbons (Fsp3) is 0.435. The first-order valence-electron chi connectivity index (χ1n) is 11.1. The number of aromatic nitrogens is 2. The Hall–Kier alpha value is -2.56. The molecular weight excluding hydrogens is 460 g/mol. The number of hydrogen-bond donors (Lipinski definition) is 0. The minimum atomic E-state index is -3.61. The fourth-order valence-corrected chi connectivity index (χ4v) is 7.31. The predicted molar refractivity (Wildman–Crippen MR) is 127 cm³/mol. The van der Waals surface area contributed by atoms with Crippen LogP contribution in [0.4, 0.5) is 0 Å². The van der Waals surface area contributed by atoms with Crippen molar-refractivity contribution < 1.29 is 13.2 Å². The molecule has 33 heavy (non-hydrogen) atoms. The van der Waals surface area contributed by atoms with Gasteiger partial charge in [0.1, 0.15) is 11.4 Å². The van der Waals surface area contributed by atoms with Gasteiger partial charge < -0.3 is 4.90 Å². The van der Waals surface area contributed by atoms with E-state index >= 15 is 0 Å². The van der Waals surface area contributed by atoms with Gasteiger partial charge in [0.05, 0.1) is 16.6 Å². The highest BCUT2D eigenvalue weighted by Crippen LogP contribution is 2.34. The summed E-state index contributed by atoms with van der Waals surface area (Å²) in [7, 11) is -3.61. The monoisotopic (exact) mass is 486 g/mol. The molecule has 0 spiro atoms. The van der Waals surface area contributed by atoms with Crippen LogP contribution in [0.5, 0.6) is 0 Å². The van der Waals surface area contributed by atoms with Crippen molar-refractivity contribution in [2.45, 2.75) is 44.6 Å². The van der Waals surface area contributed by atoms with E-state index in [-0.39, 0.29) is 36.0 Å². The van der Waals surface area contributed by atoms with Crippen LogP contribution >= 0.6 is 11.3 Å². The van der Waals surface area contributed by atoms with Crippen molar-refractivity contribution in [1.82, 2.24) is 18.8 Å². The van der Waals surface area contributed by atoms with Gasteiger partial charge >= 0.3 is 0 Å². The molecule has 2 aromatic heterocycles. The quantitative estimate of drug-likeness (QED) is 0.563. The molecule has 10 heteroatoms. The van der Waals surface area contributed by atoms with Gasteiger partial charge in [-0.05, 0) is 61.9 Å². The highest BCUT2D eigenvalue weighted by atomic mass is 32.2. The first-order valence-corrected chi connectivity index (χ1v) is 13.4. The van der Waals surface area contributed by atoms with Gasteiger partial charge in [-0.25, -0.2) is 13.4 Å². The number of carbonyl (C=O) groups excluding carboxylic acids is 1. The minimum absolute atomic E-state index is 0.0870. The molecule has 174 valence electrons. The molecule has 3 heterocycles. The first-order chi connectivity index (χ1) is 15.8. The molecule has 1 amide bonds. The van der Waals surface area contributed by atoms with Crippen LogP contribution in [0.1, 0.15) is 28.0 Å². The number of sulfonamides is 1. The maximum absolute atomic E-state index is 13.0. The summed E-state index contributed by atoms with van der Waals surface area (Å²) < 4.78 is 28.9. The molecule has 2 aliphatic rings. The average Bonchev–Trinajstić information content (AvgIpc) is 3.39. The zero-order valence-electron chi connectivity index (χ0n) is 18.7. The molecule has 1 aromatic carbocycles. The second-order valence-electron chi connectivity index (χ2n) is 8.75. The third-order valence-corrected chi connectivity index (χ3v) is 9.80. The van der Waals surface area contributed by atoms with Gasteiger partial charge in [-0.1, -0.05) is 6.07 Å². The molecule has 1 aliphatic heterocycles. The second-order valence-corrected chi connectivity index (χ2v) is 11.8. The average molecular weight is 487 g/mol. The normalized spacial score (nSPS) is 17.0. The summed E-state index contributed by atoms with van der Waals surface area (Å²) in [5.74, 6) is -0.201. The predicted octanol–water partition coefficient (Wildman–Crippen LogP) is 2.10. The number of aryl methyl sites for hydroxylation is 4. The highest BCUT2D eigenvalue weighted by Gasteiger charge is 2.30. The molecule has 3 aromatic rings. The standard InChI is InChI=1S/C23H26N4O4S2/c1-15-6-7-17(12-16(15)2)33(30,31)27-10-8-25(9-11-27)20(28)13-26-14-24-22-21(23(26)29)18-4-3-5-19(18)32-22/h6-7,12,14H,3-5,8-11,13H2,1-2H3. The fourth-order valence-electron chi connectivity index (χ4n) is 4.58. The zero-order valence-corrected chi connectivity index (χ0v) is 20.3. The number of hydrogen-bond acceptors (Lipinski definition) is 6. The summed E-state index contributed by atoms with van der Waals surface area (Å²) in [6.45, 7) is 4.79. The first kappa shape index (κ1) is 22.2. The highest BCUT2D eigenvalue weighted by molar-refractivity contribution is 7.89. The molecule has 5 rings (SSSR count). The Kier molecular flexibility index (Phi) is 5.62. The molecule has 8 nitrogen and oxygen atoms in total. The second kappa shape index (κ2) is 8.34. The molecule has 0 bridgehead atoms. The van der Waals surface area contributed by atoms with Crippen molar-refractivity contribution in [2.24, 2.45) is 0 Å². The Morgan fingerprint density at radius 3 is 2.58 bits per heavy atom. The topological polar surface area (TPSA) is 92.6 Å². The van der Waals surface area contributed by atoms with Gasteiger partial charge in [-0.3, -0.25) is 14.2 Å². The third-order valence-electron chi connectivity index (χ3n) is 6.70. The summed E-state index contributed by atoms with van der Waals surface area (Å²) in [4.78, 5) is 34.2. The van der Waals surface area contributed by atoms with E-state index in [1.807, 2.05) is 19.9 Å². The molecule has 0 saturated carbocycles. The van der Waals surface area contributed by atoms with Crippen molar-refractivity contribution >= 4 is 37.5 Å². The molecule has 1 fully saturated rings. The summed E-state index contributed by atoms with van der Waals surface area (Å²) >= 11 is 1.58. The lowest BCUT2D eigenvalue weighted by molar-refractivity contribution is -0.133. The van der Waals surface area contributed by atoms with Gasteiger partial charge in [-0.15, -0.1) is 11.3 Å². The van der Waals surface area contributed by atoms with E-state index in [0.717, 1.165) is 40.8 Å². The molecule has 0 radical (unpaired) electrons. The summed E-state index contributed by atoms with van der Waals surface area (Å²) in [5, 5.41) is 0.659. The van der Waals surface area contributed by atoms with Crippen LogP contribution in [0.15, 0.2) is 34.2 Å². The Labute approximate surface area is 196 Å². The van der Waals surface area contributed by atoms with Gasteiger partial charge in [0.2, 0.25) is 15.9 Å². The van der Waals surface area contributed by atoms with Crippen LogP contribution in [0.2, 0.25) is 0 Å². The lowest BCUT2D eigenvalue weighted by Crippen LogP contribution is -2.51. The van der Waals surface area contributed by atoms with Crippen LogP contribution in [-0.2, 0) is 34.2 Å². The van der Waals surface area contributed by atoms with Crippen LogP contribution in [0, 0.1) is 13.8 Å². The van der Waals surface area contributed by atoms with Crippen LogP contribution < -0.4 is 5.56 Å². The number of nitrogens with zero attached hydrogens (tertiary/aromatic N) is 4. The maximum Gasteiger partial charge on any atom is 0.262 e. The zero-order chi connectivity index (χ0) is 23.3. The van der Waals surface area contributed by atoms with Gasteiger partial charge in [0, 0.05) is 31.1 Å². The van der Waals surface area contributed by atoms with Crippen LogP contribution in [0.3, 0.4) is 0 Å². The summed E-state index contributed by atoms with van der Waals surface area (Å²) in [6, 6.07) is 5.14. The smallest absolute Gasteiger partial charge is 0.262 e. The van der Waals surface area contributed by atoms with Crippen molar-refractivity contribution in [2.75, 3.05) is 26.2 Å². The van der Waals surface area contributed by atoms with Gasteiger partial charge in [0.25, 0.3) is 5.56 Å². The molecule has 0 unspecified atom stereocenters. The summed E-state index contributed by atoms with van der Waals surface area (Å²) in [5.41, 5.74) is 2.90. The minimum Gasteiger partial charge on any atom is -0.338 e. The van der Waals surface area contributed by atoms with E-state index < -0.39 is 10.0 Å². The van der Waals surface area contributed by atoms with Crippen molar-refractivity contribution in [3.63, 3.8) is 0 Å². The molecular formula is C23H26N4O4S2. The Bertz CT molecular complexity index is 1420. The van der Waals surface area contributed by atoms with Crippen molar-refractivity contribution in [3.05, 3.63) is 56.4 Å². The lowest BCUT2D eigenvalue weighted by atomic mass is 10.1. The van der Waals surface area contributed by atoms with Gasteiger partial charge in [-0.2, -0.15) is 4.31 Å². The van der Waals surface area contributed by atoms with Crippen LogP contribution in [-0.4, -0.2) is 59.3 Å². The number of fused-ring (bicyclic) bond motifs is 3. The number of benzene rings is 1. The molecule has 0 N–H and O–H groups in total.